The quantitative estimate of drug-likeness (QED) is 0.449. The van der Waals surface area contributed by atoms with E-state index < -0.39 is 0 Å². The zero-order chi connectivity index (χ0) is 19.3. The van der Waals surface area contributed by atoms with Gasteiger partial charge < -0.3 is 0 Å². The lowest BCUT2D eigenvalue weighted by Crippen LogP contribution is -2.01. The van der Waals surface area contributed by atoms with Crippen molar-refractivity contribution in [2.24, 2.45) is 9.98 Å². The molecular formula is C25H22N2S. The molecule has 1 aliphatic rings. The largest absolute Gasteiger partial charge is 0.283 e. The summed E-state index contributed by atoms with van der Waals surface area (Å²) in [5.74, 6) is 0. The summed E-state index contributed by atoms with van der Waals surface area (Å²) in [5.41, 5.74) is 6.60. The van der Waals surface area contributed by atoms with Crippen molar-refractivity contribution in [2.75, 3.05) is 6.54 Å². The Kier molecular flexibility index (Phi) is 5.54. The third-order valence-corrected chi connectivity index (χ3v) is 5.87. The lowest BCUT2D eigenvalue weighted by Gasteiger charge is -2.09. The zero-order valence-electron chi connectivity index (χ0n) is 15.9. The third-order valence-electron chi connectivity index (χ3n) is 4.70. The van der Waals surface area contributed by atoms with E-state index in [1.807, 2.05) is 6.07 Å². The van der Waals surface area contributed by atoms with E-state index >= 15 is 0 Å². The molecule has 3 aromatic rings. The van der Waals surface area contributed by atoms with Gasteiger partial charge in [0.15, 0.2) is 0 Å². The molecule has 0 unspecified atom stereocenters. The van der Waals surface area contributed by atoms with Gasteiger partial charge >= 0.3 is 0 Å². The number of hydrogen-bond donors (Lipinski definition) is 0. The molecule has 0 saturated heterocycles. The average Bonchev–Trinajstić information content (AvgIpc) is 3.12. The number of thioether (sulfide) groups is 1. The van der Waals surface area contributed by atoms with Crippen molar-refractivity contribution in [2.45, 2.75) is 18.2 Å². The van der Waals surface area contributed by atoms with Crippen LogP contribution in [0.2, 0.25) is 0 Å². The number of hydrogen-bond acceptors (Lipinski definition) is 3. The summed E-state index contributed by atoms with van der Waals surface area (Å²) < 4.78 is 0. The van der Waals surface area contributed by atoms with Crippen molar-refractivity contribution >= 4 is 29.9 Å². The van der Waals surface area contributed by atoms with Gasteiger partial charge in [0.25, 0.3) is 0 Å². The molecule has 1 heterocycles. The van der Waals surface area contributed by atoms with Crippen molar-refractivity contribution in [3.05, 3.63) is 94.9 Å². The van der Waals surface area contributed by atoms with Gasteiger partial charge in [0, 0.05) is 22.6 Å². The van der Waals surface area contributed by atoms with E-state index in [-0.39, 0.29) is 0 Å². The van der Waals surface area contributed by atoms with Gasteiger partial charge in [-0.05, 0) is 30.3 Å². The molecular weight excluding hydrogens is 360 g/mol. The maximum atomic E-state index is 4.87. The summed E-state index contributed by atoms with van der Waals surface area (Å²) in [6.45, 7) is 6.82. The van der Waals surface area contributed by atoms with Crippen LogP contribution in [0.25, 0.3) is 16.8 Å². The Morgan fingerprint density at radius 2 is 1.54 bits per heavy atom. The molecule has 0 amide bonds. The number of fused-ring (bicyclic) bond motifs is 1. The van der Waals surface area contributed by atoms with E-state index in [0.717, 1.165) is 34.8 Å². The van der Waals surface area contributed by atoms with Gasteiger partial charge in [-0.25, -0.2) is 0 Å². The van der Waals surface area contributed by atoms with Crippen molar-refractivity contribution in [1.29, 1.82) is 0 Å². The fourth-order valence-corrected chi connectivity index (χ4v) is 4.51. The van der Waals surface area contributed by atoms with Gasteiger partial charge in [-0.1, -0.05) is 91.5 Å². The lowest BCUT2D eigenvalue weighted by atomic mass is 10.0. The summed E-state index contributed by atoms with van der Waals surface area (Å²) in [6.07, 6.45) is 1.02. The number of allylic oxidation sites excluding steroid dienone is 1. The van der Waals surface area contributed by atoms with Crippen molar-refractivity contribution in [1.82, 2.24) is 0 Å². The van der Waals surface area contributed by atoms with Crippen molar-refractivity contribution in [3.63, 3.8) is 0 Å². The van der Waals surface area contributed by atoms with Crippen LogP contribution in [0.1, 0.15) is 24.5 Å². The number of rotatable bonds is 5. The Hall–Kier alpha value is -2.91. The Labute approximate surface area is 170 Å². The second-order valence-electron chi connectivity index (χ2n) is 6.61. The molecule has 0 spiro atoms. The van der Waals surface area contributed by atoms with E-state index in [0.29, 0.717) is 0 Å². The molecule has 0 bridgehead atoms. The molecule has 0 saturated carbocycles. The smallest absolute Gasteiger partial charge is 0.0856 e. The van der Waals surface area contributed by atoms with Crippen LogP contribution >= 0.6 is 11.8 Å². The molecule has 0 atom stereocenters. The summed E-state index contributed by atoms with van der Waals surface area (Å²) >= 11 is 1.74. The Morgan fingerprint density at radius 3 is 2.25 bits per heavy atom. The molecule has 0 aromatic heterocycles. The van der Waals surface area contributed by atoms with E-state index in [1.165, 1.54) is 21.6 Å². The maximum Gasteiger partial charge on any atom is 0.0856 e. The van der Waals surface area contributed by atoms with Gasteiger partial charge in [-0.2, -0.15) is 0 Å². The Bertz CT molecular complexity index is 1050. The van der Waals surface area contributed by atoms with Gasteiger partial charge in [0.05, 0.1) is 16.3 Å². The van der Waals surface area contributed by atoms with Gasteiger partial charge in [-0.3, -0.25) is 9.98 Å². The second kappa shape index (κ2) is 8.41. The highest BCUT2D eigenvalue weighted by Crippen LogP contribution is 2.44. The first-order valence-electron chi connectivity index (χ1n) is 9.50. The molecule has 2 nitrogen and oxygen atoms in total. The molecule has 1 aliphatic heterocycles. The minimum absolute atomic E-state index is 0.811. The van der Waals surface area contributed by atoms with Gasteiger partial charge in [0.1, 0.15) is 0 Å². The van der Waals surface area contributed by atoms with Crippen LogP contribution in [0.15, 0.2) is 98.6 Å². The van der Waals surface area contributed by atoms with E-state index in [1.54, 1.807) is 11.8 Å². The van der Waals surface area contributed by atoms with E-state index in [4.69, 9.17) is 4.99 Å². The first-order valence-corrected chi connectivity index (χ1v) is 10.3. The van der Waals surface area contributed by atoms with Crippen LogP contribution in [-0.4, -0.2) is 19.0 Å². The van der Waals surface area contributed by atoms with Gasteiger partial charge in [-0.15, -0.1) is 0 Å². The van der Waals surface area contributed by atoms with E-state index in [2.05, 4.69) is 91.4 Å². The van der Waals surface area contributed by atoms with Crippen LogP contribution in [0.5, 0.6) is 0 Å². The highest BCUT2D eigenvalue weighted by atomic mass is 32.2. The highest BCUT2D eigenvalue weighted by Gasteiger charge is 2.26. The second-order valence-corrected chi connectivity index (χ2v) is 7.66. The molecule has 3 aromatic carbocycles. The van der Waals surface area contributed by atoms with Crippen LogP contribution in [-0.2, 0) is 0 Å². The molecule has 3 heteroatoms. The lowest BCUT2D eigenvalue weighted by molar-refractivity contribution is 0.933. The monoisotopic (exact) mass is 382 g/mol. The predicted molar refractivity (Wildman–Crippen MR) is 122 cm³/mol. The molecule has 0 radical (unpaired) electrons. The fraction of sp³-hybridized carbons (Fsp3) is 0.120. The normalized spacial score (nSPS) is 16.1. The molecule has 0 aliphatic carbocycles. The summed E-state index contributed by atoms with van der Waals surface area (Å²) in [4.78, 5) is 11.6. The fourth-order valence-electron chi connectivity index (χ4n) is 3.32. The van der Waals surface area contributed by atoms with Crippen molar-refractivity contribution in [3.8, 4) is 11.1 Å². The molecule has 138 valence electrons. The minimum Gasteiger partial charge on any atom is -0.283 e. The SMILES string of the molecule is C=N/C(=C1/Sc2ccccc2C1=NCCC)c1ccc(-c2ccccc2)cc1. The zero-order valence-corrected chi connectivity index (χ0v) is 16.7. The summed E-state index contributed by atoms with van der Waals surface area (Å²) in [5, 5.41) is 0. The Morgan fingerprint density at radius 1 is 0.857 bits per heavy atom. The first-order chi connectivity index (χ1) is 13.8. The standard InChI is InChI=1S/C25H22N2S/c1-3-17-27-24-21-11-7-8-12-22(21)28-25(24)23(26-2)20-15-13-19(14-16-20)18-9-5-4-6-10-18/h4-16H,2-3,17H2,1H3/b25-23+,27-24?. The minimum atomic E-state index is 0.811. The summed E-state index contributed by atoms with van der Waals surface area (Å²) in [7, 11) is 0. The third kappa shape index (κ3) is 3.58. The molecule has 0 N–H and O–H groups in total. The topological polar surface area (TPSA) is 24.7 Å². The number of aliphatic imine (C=N–C) groups is 2. The van der Waals surface area contributed by atoms with Crippen LogP contribution in [0.3, 0.4) is 0 Å². The number of nitrogens with zero attached hydrogens (tertiary/aromatic N) is 2. The number of benzene rings is 3. The average molecular weight is 383 g/mol. The van der Waals surface area contributed by atoms with Crippen LogP contribution in [0.4, 0.5) is 0 Å². The van der Waals surface area contributed by atoms with E-state index in [9.17, 15) is 0 Å². The Balaban J connectivity index is 1.77. The van der Waals surface area contributed by atoms with Crippen molar-refractivity contribution < 1.29 is 0 Å². The predicted octanol–water partition coefficient (Wildman–Crippen LogP) is 6.73. The van der Waals surface area contributed by atoms with Crippen LogP contribution in [0, 0.1) is 0 Å². The maximum absolute atomic E-state index is 4.87. The first kappa shape index (κ1) is 18.5. The molecule has 0 fully saturated rings. The summed E-state index contributed by atoms with van der Waals surface area (Å²) in [6, 6.07) is 27.4. The highest BCUT2D eigenvalue weighted by molar-refractivity contribution is 8.05. The van der Waals surface area contributed by atoms with Gasteiger partial charge in [0.2, 0.25) is 0 Å². The molecule has 28 heavy (non-hydrogen) atoms. The molecule has 4 rings (SSSR count). The van der Waals surface area contributed by atoms with Crippen LogP contribution < -0.4 is 0 Å².